The second kappa shape index (κ2) is 13.7. The molecule has 1 fully saturated rings. The number of benzene rings is 2. The molecule has 3 rings (SSSR count). The van der Waals surface area contributed by atoms with Gasteiger partial charge in [-0.3, -0.25) is 4.79 Å². The fourth-order valence-corrected chi connectivity index (χ4v) is 6.91. The van der Waals surface area contributed by atoms with Gasteiger partial charge in [0.15, 0.2) is 0 Å². The van der Waals surface area contributed by atoms with Crippen molar-refractivity contribution in [3.63, 3.8) is 0 Å². The number of aliphatic hydroxyl groups is 1. The highest BCUT2D eigenvalue weighted by Gasteiger charge is 2.38. The maximum absolute atomic E-state index is 13.9. The van der Waals surface area contributed by atoms with E-state index in [2.05, 4.69) is 10.2 Å². The van der Waals surface area contributed by atoms with Crippen molar-refractivity contribution in [2.75, 3.05) is 39.0 Å². The number of sulfonamides is 1. The molecule has 0 radical (unpaired) electrons. The molecular formula is C27H35Cl4N3O4S. The Morgan fingerprint density at radius 1 is 1.08 bits per heavy atom. The second-order valence-electron chi connectivity index (χ2n) is 10.1. The Bertz CT molecular complexity index is 1270. The highest BCUT2D eigenvalue weighted by Crippen LogP contribution is 2.35. The van der Waals surface area contributed by atoms with E-state index in [1.165, 1.54) is 6.26 Å². The van der Waals surface area contributed by atoms with E-state index in [4.69, 9.17) is 46.4 Å². The predicted octanol–water partition coefficient (Wildman–Crippen LogP) is 5.54. The van der Waals surface area contributed by atoms with Crippen LogP contribution in [-0.2, 0) is 20.2 Å². The molecule has 7 nitrogen and oxygen atoms in total. The Balaban J connectivity index is 1.79. The molecule has 1 amide bonds. The number of likely N-dealkylation sites (tertiary alicyclic amines) is 1. The fraction of sp³-hybridized carbons (Fsp3) is 0.519. The second-order valence-corrected chi connectivity index (χ2v) is 13.7. The Morgan fingerprint density at radius 3 is 2.18 bits per heavy atom. The van der Waals surface area contributed by atoms with Crippen molar-refractivity contribution >= 4 is 62.3 Å². The van der Waals surface area contributed by atoms with E-state index in [-0.39, 0.29) is 18.6 Å². The van der Waals surface area contributed by atoms with Gasteiger partial charge in [0.1, 0.15) is 0 Å². The molecule has 1 unspecified atom stereocenters. The van der Waals surface area contributed by atoms with Crippen LogP contribution < -0.4 is 5.32 Å². The number of carbonyl (C=O) groups excluding carboxylic acids is 1. The smallest absolute Gasteiger partial charge is 0.230 e. The van der Waals surface area contributed by atoms with Gasteiger partial charge in [-0.2, -0.15) is 4.31 Å². The third kappa shape index (κ3) is 8.01. The zero-order chi connectivity index (χ0) is 29.0. The number of amides is 1. The van der Waals surface area contributed by atoms with Crippen LogP contribution in [0.5, 0.6) is 0 Å². The largest absolute Gasteiger partial charge is 0.394 e. The molecule has 2 aromatic rings. The highest BCUT2D eigenvalue weighted by atomic mass is 35.5. The van der Waals surface area contributed by atoms with E-state index in [0.717, 1.165) is 25.9 Å². The Morgan fingerprint density at radius 2 is 1.67 bits per heavy atom. The molecule has 1 aliphatic heterocycles. The number of nitrogens with zero attached hydrogens (tertiary/aromatic N) is 2. The Labute approximate surface area is 251 Å². The molecule has 0 aromatic heterocycles. The molecule has 2 aromatic carbocycles. The van der Waals surface area contributed by atoms with Gasteiger partial charge in [-0.05, 0) is 81.2 Å². The van der Waals surface area contributed by atoms with E-state index in [0.29, 0.717) is 50.7 Å². The summed E-state index contributed by atoms with van der Waals surface area (Å²) in [6.45, 7) is 5.87. The normalized spacial score (nSPS) is 17.7. The standard InChI is InChI=1S/C27H35Cl4N3O4S/c1-4-34(39(3,37)38)20-9-12-33(13-10-20)14-11-27(2,19-6-8-22(29)24(31)16-19)26(36)32-25(17-35)18-5-7-21(28)23(30)15-18/h5-8,15-16,20,25,35H,4,9-14,17H2,1-3H3,(H,32,36)/t25-,27?/m1/s1. The summed E-state index contributed by atoms with van der Waals surface area (Å²) in [5.41, 5.74) is 0.325. The van der Waals surface area contributed by atoms with E-state index < -0.39 is 21.5 Å². The zero-order valence-electron chi connectivity index (χ0n) is 22.3. The minimum atomic E-state index is -3.26. The topological polar surface area (TPSA) is 89.9 Å². The molecule has 0 spiro atoms. The van der Waals surface area contributed by atoms with Crippen LogP contribution >= 0.6 is 46.4 Å². The summed E-state index contributed by atoms with van der Waals surface area (Å²) in [7, 11) is -3.26. The molecule has 1 heterocycles. The molecule has 2 atom stereocenters. The zero-order valence-corrected chi connectivity index (χ0v) is 26.1. The molecule has 216 valence electrons. The van der Waals surface area contributed by atoms with Crippen molar-refractivity contribution in [2.24, 2.45) is 0 Å². The lowest BCUT2D eigenvalue weighted by Crippen LogP contribution is -2.49. The summed E-state index contributed by atoms with van der Waals surface area (Å²) in [5.74, 6) is -0.282. The third-order valence-corrected chi connectivity index (χ3v) is 10.4. The van der Waals surface area contributed by atoms with Gasteiger partial charge in [-0.15, -0.1) is 0 Å². The van der Waals surface area contributed by atoms with Gasteiger partial charge in [-0.1, -0.05) is 65.5 Å². The lowest BCUT2D eigenvalue weighted by atomic mass is 9.78. The summed E-state index contributed by atoms with van der Waals surface area (Å²) in [5, 5.41) is 14.5. The number of rotatable bonds is 11. The Hall–Kier alpha value is -1.10. The molecular weight excluding hydrogens is 604 g/mol. The number of hydrogen-bond acceptors (Lipinski definition) is 5. The quantitative estimate of drug-likeness (QED) is 0.337. The maximum atomic E-state index is 13.9. The molecule has 12 heteroatoms. The van der Waals surface area contributed by atoms with Crippen molar-refractivity contribution in [1.82, 2.24) is 14.5 Å². The van der Waals surface area contributed by atoms with E-state index >= 15 is 0 Å². The predicted molar refractivity (Wildman–Crippen MR) is 160 cm³/mol. The van der Waals surface area contributed by atoms with Crippen LogP contribution in [0.3, 0.4) is 0 Å². The molecule has 2 N–H and O–H groups in total. The molecule has 0 bridgehead atoms. The number of carbonyl (C=O) groups is 1. The molecule has 1 aliphatic rings. The summed E-state index contributed by atoms with van der Waals surface area (Å²) >= 11 is 24.7. The van der Waals surface area contributed by atoms with Crippen LogP contribution in [0.2, 0.25) is 20.1 Å². The first-order chi connectivity index (χ1) is 18.3. The fourth-order valence-electron chi connectivity index (χ4n) is 5.09. The molecule has 0 saturated carbocycles. The van der Waals surface area contributed by atoms with Crippen molar-refractivity contribution in [3.05, 3.63) is 67.6 Å². The summed E-state index contributed by atoms with van der Waals surface area (Å²) in [6.07, 6.45) is 3.16. The summed E-state index contributed by atoms with van der Waals surface area (Å²) < 4.78 is 25.9. The minimum absolute atomic E-state index is 0.0254. The molecule has 0 aliphatic carbocycles. The van der Waals surface area contributed by atoms with Crippen LogP contribution in [0.25, 0.3) is 0 Å². The number of halogens is 4. The van der Waals surface area contributed by atoms with Gasteiger partial charge in [0.05, 0.1) is 44.4 Å². The van der Waals surface area contributed by atoms with Gasteiger partial charge in [-0.25, -0.2) is 8.42 Å². The van der Waals surface area contributed by atoms with Crippen LogP contribution in [0.1, 0.15) is 50.3 Å². The first-order valence-corrected chi connectivity index (χ1v) is 16.2. The van der Waals surface area contributed by atoms with Gasteiger partial charge < -0.3 is 15.3 Å². The van der Waals surface area contributed by atoms with Crippen molar-refractivity contribution in [2.45, 2.75) is 50.6 Å². The van der Waals surface area contributed by atoms with E-state index in [9.17, 15) is 18.3 Å². The van der Waals surface area contributed by atoms with Crippen LogP contribution in [0, 0.1) is 0 Å². The van der Waals surface area contributed by atoms with Crippen molar-refractivity contribution in [3.8, 4) is 0 Å². The van der Waals surface area contributed by atoms with Gasteiger partial charge in [0.2, 0.25) is 15.9 Å². The average Bonchev–Trinajstić information content (AvgIpc) is 2.89. The summed E-state index contributed by atoms with van der Waals surface area (Å²) in [6, 6.07) is 9.41. The monoisotopic (exact) mass is 637 g/mol. The number of nitrogens with one attached hydrogen (secondary N) is 1. The first kappa shape index (κ1) is 32.4. The lowest BCUT2D eigenvalue weighted by Gasteiger charge is -2.38. The molecule has 39 heavy (non-hydrogen) atoms. The number of aliphatic hydroxyl groups excluding tert-OH is 1. The average molecular weight is 639 g/mol. The van der Waals surface area contributed by atoms with Gasteiger partial charge in [0, 0.05) is 12.6 Å². The van der Waals surface area contributed by atoms with Crippen LogP contribution in [0.4, 0.5) is 0 Å². The highest BCUT2D eigenvalue weighted by molar-refractivity contribution is 7.88. The minimum Gasteiger partial charge on any atom is -0.394 e. The lowest BCUT2D eigenvalue weighted by molar-refractivity contribution is -0.127. The van der Waals surface area contributed by atoms with E-state index in [1.807, 2.05) is 13.8 Å². The van der Waals surface area contributed by atoms with Crippen LogP contribution in [0.15, 0.2) is 36.4 Å². The van der Waals surface area contributed by atoms with Crippen LogP contribution in [-0.4, -0.2) is 73.7 Å². The Kier molecular flexibility index (Phi) is 11.4. The van der Waals surface area contributed by atoms with Gasteiger partial charge in [0.25, 0.3) is 0 Å². The first-order valence-electron chi connectivity index (χ1n) is 12.8. The third-order valence-electron chi connectivity index (χ3n) is 7.52. The number of piperidine rings is 1. The SMILES string of the molecule is CCN(C1CCN(CCC(C)(C(=O)N[C@H](CO)c2ccc(Cl)c(Cl)c2)c2ccc(Cl)c(Cl)c2)CC1)S(C)(=O)=O. The maximum Gasteiger partial charge on any atom is 0.230 e. The molecule has 1 saturated heterocycles. The van der Waals surface area contributed by atoms with Crippen molar-refractivity contribution in [1.29, 1.82) is 0 Å². The van der Waals surface area contributed by atoms with E-state index in [1.54, 1.807) is 40.7 Å². The van der Waals surface area contributed by atoms with Crippen molar-refractivity contribution < 1.29 is 18.3 Å². The summed E-state index contributed by atoms with van der Waals surface area (Å²) in [4.78, 5) is 16.1. The van der Waals surface area contributed by atoms with Gasteiger partial charge >= 0.3 is 0 Å². The number of hydrogen-bond donors (Lipinski definition) is 2.